The van der Waals surface area contributed by atoms with Gasteiger partial charge in [-0.1, -0.05) is 11.6 Å². The van der Waals surface area contributed by atoms with Crippen LogP contribution in [0, 0.1) is 5.41 Å². The number of nitrogens with zero attached hydrogens (tertiary/aromatic N) is 5. The van der Waals surface area contributed by atoms with Gasteiger partial charge in [-0.3, -0.25) is 4.21 Å². The molecule has 0 aromatic carbocycles. The molecule has 0 amide bonds. The van der Waals surface area contributed by atoms with Crippen molar-refractivity contribution in [2.45, 2.75) is 67.2 Å². The number of nitrogens with one attached hydrogen (secondary N) is 1. The summed E-state index contributed by atoms with van der Waals surface area (Å²) < 4.78 is 42.0. The normalized spacial score (nSPS) is 26.2. The number of aliphatic hydroxyl groups is 1. The van der Waals surface area contributed by atoms with Crippen molar-refractivity contribution in [3.05, 3.63) is 28.9 Å². The van der Waals surface area contributed by atoms with E-state index in [9.17, 15) is 18.1 Å². The van der Waals surface area contributed by atoms with E-state index in [4.69, 9.17) is 11.6 Å². The molecule has 188 valence electrons. The molecule has 3 fully saturated rings. The second kappa shape index (κ2) is 8.27. The summed E-state index contributed by atoms with van der Waals surface area (Å²) in [4.78, 5) is 19.5. The first-order chi connectivity index (χ1) is 16.7. The number of alkyl halides is 2. The molecule has 8 nitrogen and oxygen atoms in total. The van der Waals surface area contributed by atoms with Gasteiger partial charge in [0.1, 0.15) is 22.2 Å². The van der Waals surface area contributed by atoms with E-state index in [1.54, 1.807) is 12.4 Å². The number of fused-ring (bicyclic) bond motifs is 1. The Kier molecular flexibility index (Phi) is 5.54. The third kappa shape index (κ3) is 3.99. The highest BCUT2D eigenvalue weighted by molar-refractivity contribution is 7.85. The first kappa shape index (κ1) is 23.4. The first-order valence-corrected chi connectivity index (χ1v) is 13.7. The molecule has 4 heterocycles. The Morgan fingerprint density at radius 1 is 1.14 bits per heavy atom. The molecule has 4 aliphatic rings. The number of hydrogen-bond donors (Lipinski definition) is 2. The summed E-state index contributed by atoms with van der Waals surface area (Å²) in [6, 6.07) is 0. The second-order valence-electron chi connectivity index (χ2n) is 10.6. The average Bonchev–Trinajstić information content (AvgIpc) is 3.03. The minimum Gasteiger partial charge on any atom is -0.394 e. The van der Waals surface area contributed by atoms with E-state index >= 15 is 0 Å². The quantitative estimate of drug-likeness (QED) is 0.611. The summed E-state index contributed by atoms with van der Waals surface area (Å²) >= 11 is 5.91. The fraction of sp³-hybridized carbons (Fsp3) is 0.652. The van der Waals surface area contributed by atoms with Crippen molar-refractivity contribution >= 4 is 34.2 Å². The smallest absolute Gasteiger partial charge is 0.302 e. The number of rotatable bonds is 5. The molecule has 2 aromatic heterocycles. The molecular formula is C23H27ClF2N6O2S. The van der Waals surface area contributed by atoms with Gasteiger partial charge in [0.2, 0.25) is 5.95 Å². The fourth-order valence-electron chi connectivity index (χ4n) is 5.85. The SMILES string of the molecule is O=[S@@]1CC(F)(F)c2nc(N3CC4(CCC(c5ncc(Cl)cn5)CC4)C3)nc(NC3(CO)CCC3)c21. The van der Waals surface area contributed by atoms with Gasteiger partial charge in [-0.15, -0.1) is 0 Å². The van der Waals surface area contributed by atoms with Gasteiger partial charge in [0.05, 0.1) is 33.7 Å². The molecule has 2 saturated carbocycles. The highest BCUT2D eigenvalue weighted by atomic mass is 35.5. The lowest BCUT2D eigenvalue weighted by Gasteiger charge is -2.53. The lowest BCUT2D eigenvalue weighted by Crippen LogP contribution is -2.58. The van der Waals surface area contributed by atoms with Crippen LogP contribution in [0.5, 0.6) is 0 Å². The van der Waals surface area contributed by atoms with Crippen molar-refractivity contribution in [3.8, 4) is 0 Å². The zero-order chi connectivity index (χ0) is 24.4. The van der Waals surface area contributed by atoms with E-state index in [1.807, 2.05) is 4.90 Å². The van der Waals surface area contributed by atoms with Crippen LogP contribution in [-0.4, -0.2) is 60.2 Å². The molecule has 1 atom stereocenters. The zero-order valence-electron chi connectivity index (χ0n) is 19.1. The molecule has 2 N–H and O–H groups in total. The summed E-state index contributed by atoms with van der Waals surface area (Å²) in [5.41, 5.74) is -0.940. The highest BCUT2D eigenvalue weighted by Crippen LogP contribution is 2.50. The van der Waals surface area contributed by atoms with Crippen LogP contribution in [-0.2, 0) is 16.7 Å². The number of hydrogen-bond acceptors (Lipinski definition) is 8. The largest absolute Gasteiger partial charge is 0.394 e. The summed E-state index contributed by atoms with van der Waals surface area (Å²) in [5, 5.41) is 13.6. The third-order valence-electron chi connectivity index (χ3n) is 8.12. The van der Waals surface area contributed by atoms with E-state index in [0.29, 0.717) is 36.9 Å². The van der Waals surface area contributed by atoms with Crippen LogP contribution in [0.2, 0.25) is 5.02 Å². The molecule has 2 aliphatic carbocycles. The van der Waals surface area contributed by atoms with E-state index < -0.39 is 33.7 Å². The van der Waals surface area contributed by atoms with E-state index in [2.05, 4.69) is 25.3 Å². The Labute approximate surface area is 209 Å². The van der Waals surface area contributed by atoms with Gasteiger partial charge in [-0.25, -0.2) is 15.0 Å². The van der Waals surface area contributed by atoms with Gasteiger partial charge in [0, 0.05) is 36.8 Å². The standard InChI is InChI=1S/C23H27ClF2N6O2S/c24-15-8-27-18(28-9-15)14-2-6-21(7-3-14)10-32(11-21)20-29-17-16(35(34)13-23(17,25)26)19(30-20)31-22(12-33)4-1-5-22/h8-9,14,33H,1-7,10-13H2,(H,29,30,31)/t35-/m1/s1. The first-order valence-electron chi connectivity index (χ1n) is 12.0. The monoisotopic (exact) mass is 524 g/mol. The predicted octanol–water partition coefficient (Wildman–Crippen LogP) is 3.62. The minimum atomic E-state index is -3.26. The topological polar surface area (TPSA) is 104 Å². The van der Waals surface area contributed by atoms with Gasteiger partial charge in [0.25, 0.3) is 0 Å². The van der Waals surface area contributed by atoms with Crippen LogP contribution >= 0.6 is 11.6 Å². The summed E-state index contributed by atoms with van der Waals surface area (Å²) in [6.45, 7) is 1.26. The van der Waals surface area contributed by atoms with Crippen LogP contribution < -0.4 is 10.2 Å². The highest BCUT2D eigenvalue weighted by Gasteiger charge is 2.51. The molecule has 6 rings (SSSR count). The van der Waals surface area contributed by atoms with E-state index in [-0.39, 0.29) is 28.7 Å². The molecule has 1 saturated heterocycles. The zero-order valence-corrected chi connectivity index (χ0v) is 20.7. The lowest BCUT2D eigenvalue weighted by molar-refractivity contribution is 0.0190. The van der Waals surface area contributed by atoms with E-state index in [1.165, 1.54) is 0 Å². The Morgan fingerprint density at radius 3 is 2.43 bits per heavy atom. The van der Waals surface area contributed by atoms with Gasteiger partial charge >= 0.3 is 5.92 Å². The van der Waals surface area contributed by atoms with Crippen molar-refractivity contribution < 1.29 is 18.1 Å². The maximum absolute atomic E-state index is 14.7. The Balaban J connectivity index is 1.21. The molecular weight excluding hydrogens is 498 g/mol. The lowest BCUT2D eigenvalue weighted by atomic mass is 9.66. The Morgan fingerprint density at radius 2 is 1.83 bits per heavy atom. The number of aliphatic hydroxyl groups excluding tert-OH is 1. The van der Waals surface area contributed by atoms with Gasteiger partial charge in [-0.05, 0) is 44.9 Å². The Hall–Kier alpha value is -1.98. The molecule has 0 radical (unpaired) electrons. The molecule has 1 spiro atoms. The molecule has 0 bridgehead atoms. The molecule has 12 heteroatoms. The summed E-state index contributed by atoms with van der Waals surface area (Å²) in [6.07, 6.45) is 9.52. The molecule has 35 heavy (non-hydrogen) atoms. The van der Waals surface area contributed by atoms with Crippen LogP contribution in [0.1, 0.15) is 62.4 Å². The molecule has 2 aliphatic heterocycles. The number of anilines is 2. The number of halogens is 3. The van der Waals surface area contributed by atoms with E-state index in [0.717, 1.165) is 37.9 Å². The van der Waals surface area contributed by atoms with Gasteiger partial charge in [-0.2, -0.15) is 13.8 Å². The third-order valence-corrected chi connectivity index (χ3v) is 9.79. The van der Waals surface area contributed by atoms with Crippen molar-refractivity contribution in [1.82, 2.24) is 19.9 Å². The van der Waals surface area contributed by atoms with Crippen molar-refractivity contribution in [3.63, 3.8) is 0 Å². The van der Waals surface area contributed by atoms with Crippen LogP contribution in [0.4, 0.5) is 20.5 Å². The van der Waals surface area contributed by atoms with Crippen LogP contribution in [0.15, 0.2) is 17.3 Å². The predicted molar refractivity (Wildman–Crippen MR) is 127 cm³/mol. The summed E-state index contributed by atoms with van der Waals surface area (Å²) in [7, 11) is -1.89. The molecule has 0 unspecified atom stereocenters. The molecule has 2 aromatic rings. The van der Waals surface area contributed by atoms with Crippen molar-refractivity contribution in [2.75, 3.05) is 35.7 Å². The van der Waals surface area contributed by atoms with Crippen molar-refractivity contribution in [2.24, 2.45) is 5.41 Å². The van der Waals surface area contributed by atoms with Gasteiger partial charge in [0.15, 0.2) is 0 Å². The second-order valence-corrected chi connectivity index (χ2v) is 12.4. The summed E-state index contributed by atoms with van der Waals surface area (Å²) in [5.74, 6) is -2.50. The van der Waals surface area contributed by atoms with Crippen LogP contribution in [0.25, 0.3) is 0 Å². The van der Waals surface area contributed by atoms with Crippen LogP contribution in [0.3, 0.4) is 0 Å². The maximum Gasteiger partial charge on any atom is 0.302 e. The minimum absolute atomic E-state index is 0.0165. The Bertz CT molecular complexity index is 1160. The van der Waals surface area contributed by atoms with Crippen molar-refractivity contribution in [1.29, 1.82) is 0 Å². The maximum atomic E-state index is 14.7. The number of aromatic nitrogens is 4. The van der Waals surface area contributed by atoms with Gasteiger partial charge < -0.3 is 15.3 Å². The average molecular weight is 525 g/mol. The fourth-order valence-corrected chi connectivity index (χ4v) is 7.28.